The first-order valence-corrected chi connectivity index (χ1v) is 10.3. The lowest BCUT2D eigenvalue weighted by Gasteiger charge is -2.25. The number of benzene rings is 2. The van der Waals surface area contributed by atoms with Gasteiger partial charge in [0.2, 0.25) is 10.0 Å². The predicted molar refractivity (Wildman–Crippen MR) is 103 cm³/mol. The molecule has 5 nitrogen and oxygen atoms in total. The van der Waals surface area contributed by atoms with Gasteiger partial charge in [-0.25, -0.2) is 8.42 Å². The third-order valence-corrected chi connectivity index (χ3v) is 6.46. The molecule has 2 aromatic carbocycles. The standard InChI is InChI=1S/C20H24N2O3S/c1-15-12-16(2)14-18(13-15)21-20(23)17-6-8-19(9-7-17)26(24,25)22-10-4-3-5-11-22/h6-9,12-14H,3-5,10-11H2,1-2H3,(H,21,23). The number of hydrogen-bond acceptors (Lipinski definition) is 3. The lowest BCUT2D eigenvalue weighted by atomic mass is 10.1. The Morgan fingerprint density at radius 2 is 1.50 bits per heavy atom. The summed E-state index contributed by atoms with van der Waals surface area (Å²) in [6, 6.07) is 12.0. The average Bonchev–Trinajstić information content (AvgIpc) is 2.61. The summed E-state index contributed by atoms with van der Waals surface area (Å²) in [6.45, 7) is 5.08. The maximum absolute atomic E-state index is 12.7. The van der Waals surface area contributed by atoms with E-state index in [2.05, 4.69) is 5.32 Å². The summed E-state index contributed by atoms with van der Waals surface area (Å²) in [5.41, 5.74) is 3.31. The topological polar surface area (TPSA) is 66.5 Å². The van der Waals surface area contributed by atoms with E-state index in [1.54, 1.807) is 12.1 Å². The second-order valence-corrected chi connectivity index (χ2v) is 8.76. The molecule has 26 heavy (non-hydrogen) atoms. The molecule has 1 aliphatic rings. The van der Waals surface area contributed by atoms with E-state index in [0.717, 1.165) is 36.1 Å². The van der Waals surface area contributed by atoms with Crippen molar-refractivity contribution >= 4 is 21.6 Å². The van der Waals surface area contributed by atoms with Gasteiger partial charge in [0.25, 0.3) is 5.91 Å². The van der Waals surface area contributed by atoms with Crippen LogP contribution in [0.5, 0.6) is 0 Å². The van der Waals surface area contributed by atoms with Crippen molar-refractivity contribution in [2.75, 3.05) is 18.4 Å². The molecule has 3 rings (SSSR count). The fourth-order valence-corrected chi connectivity index (χ4v) is 4.80. The van der Waals surface area contributed by atoms with Gasteiger partial charge >= 0.3 is 0 Å². The monoisotopic (exact) mass is 372 g/mol. The SMILES string of the molecule is Cc1cc(C)cc(NC(=O)c2ccc(S(=O)(=O)N3CCCCC3)cc2)c1. The molecule has 138 valence electrons. The van der Waals surface area contributed by atoms with Crippen LogP contribution >= 0.6 is 0 Å². The number of carbonyl (C=O) groups is 1. The van der Waals surface area contributed by atoms with Crippen LogP contribution in [0, 0.1) is 13.8 Å². The van der Waals surface area contributed by atoms with Crippen LogP contribution in [0.3, 0.4) is 0 Å². The third kappa shape index (κ3) is 4.14. The van der Waals surface area contributed by atoms with Gasteiger partial charge in [0.05, 0.1) is 4.90 Å². The number of sulfonamides is 1. The summed E-state index contributed by atoms with van der Waals surface area (Å²) in [7, 11) is -3.47. The number of aryl methyl sites for hydroxylation is 2. The van der Waals surface area contributed by atoms with Gasteiger partial charge in [0.15, 0.2) is 0 Å². The second kappa shape index (κ2) is 7.60. The van der Waals surface area contributed by atoms with Crippen molar-refractivity contribution in [1.29, 1.82) is 0 Å². The lowest BCUT2D eigenvalue weighted by Crippen LogP contribution is -2.35. The Morgan fingerprint density at radius 3 is 2.08 bits per heavy atom. The van der Waals surface area contributed by atoms with Gasteiger partial charge < -0.3 is 5.32 Å². The quantitative estimate of drug-likeness (QED) is 0.889. The molecule has 0 bridgehead atoms. The Kier molecular flexibility index (Phi) is 5.44. The molecule has 2 aromatic rings. The highest BCUT2D eigenvalue weighted by Gasteiger charge is 2.25. The number of amides is 1. The molecule has 1 amide bonds. The van der Waals surface area contributed by atoms with E-state index in [1.807, 2.05) is 32.0 Å². The second-order valence-electron chi connectivity index (χ2n) is 6.82. The van der Waals surface area contributed by atoms with Crippen molar-refractivity contribution in [2.24, 2.45) is 0 Å². The van der Waals surface area contributed by atoms with Crippen LogP contribution in [0.1, 0.15) is 40.7 Å². The molecule has 0 aliphatic carbocycles. The molecule has 6 heteroatoms. The van der Waals surface area contributed by atoms with Crippen LogP contribution in [0.15, 0.2) is 47.4 Å². The number of hydrogen-bond donors (Lipinski definition) is 1. The van der Waals surface area contributed by atoms with Gasteiger partial charge in [-0.2, -0.15) is 4.31 Å². The van der Waals surface area contributed by atoms with Crippen LogP contribution in [-0.4, -0.2) is 31.7 Å². The number of nitrogens with zero attached hydrogens (tertiary/aromatic N) is 1. The van der Waals surface area contributed by atoms with Crippen LogP contribution < -0.4 is 5.32 Å². The molecule has 1 saturated heterocycles. The van der Waals surface area contributed by atoms with Gasteiger partial charge in [-0.05, 0) is 74.2 Å². The summed E-state index contributed by atoms with van der Waals surface area (Å²) in [6.07, 6.45) is 2.87. The Hall–Kier alpha value is -2.18. The third-order valence-electron chi connectivity index (χ3n) is 4.55. The summed E-state index contributed by atoms with van der Waals surface area (Å²) in [5, 5.41) is 2.86. The van der Waals surface area contributed by atoms with Crippen molar-refractivity contribution in [3.63, 3.8) is 0 Å². The predicted octanol–water partition coefficient (Wildman–Crippen LogP) is 3.73. The molecule has 1 heterocycles. The number of anilines is 1. The minimum atomic E-state index is -3.47. The van der Waals surface area contributed by atoms with Crippen LogP contribution in [-0.2, 0) is 10.0 Å². The molecule has 1 N–H and O–H groups in total. The zero-order chi connectivity index (χ0) is 18.7. The maximum Gasteiger partial charge on any atom is 0.255 e. The van der Waals surface area contributed by atoms with Gasteiger partial charge in [0.1, 0.15) is 0 Å². The summed E-state index contributed by atoms with van der Waals surface area (Å²) >= 11 is 0. The van der Waals surface area contributed by atoms with E-state index >= 15 is 0 Å². The minimum Gasteiger partial charge on any atom is -0.322 e. The first-order chi connectivity index (χ1) is 12.4. The Labute approximate surface area is 155 Å². The van der Waals surface area contributed by atoms with Crippen LogP contribution in [0.25, 0.3) is 0 Å². The van der Waals surface area contributed by atoms with Crippen molar-refractivity contribution in [3.05, 3.63) is 59.2 Å². The average molecular weight is 372 g/mol. The number of nitrogens with one attached hydrogen (secondary N) is 1. The van der Waals surface area contributed by atoms with E-state index in [-0.39, 0.29) is 10.8 Å². The maximum atomic E-state index is 12.7. The van der Waals surface area contributed by atoms with Crippen LogP contribution in [0.4, 0.5) is 5.69 Å². The van der Waals surface area contributed by atoms with Crippen molar-refractivity contribution in [2.45, 2.75) is 38.0 Å². The summed E-state index contributed by atoms with van der Waals surface area (Å²) < 4.78 is 26.8. The molecular weight excluding hydrogens is 348 g/mol. The zero-order valence-corrected chi connectivity index (χ0v) is 16.0. The minimum absolute atomic E-state index is 0.238. The first-order valence-electron chi connectivity index (χ1n) is 8.86. The van der Waals surface area contributed by atoms with Crippen molar-refractivity contribution in [1.82, 2.24) is 4.31 Å². The van der Waals surface area contributed by atoms with Gasteiger partial charge in [0, 0.05) is 24.3 Å². The normalized spacial score (nSPS) is 15.6. The highest BCUT2D eigenvalue weighted by molar-refractivity contribution is 7.89. The summed E-state index contributed by atoms with van der Waals surface area (Å²) in [5.74, 6) is -0.253. The van der Waals surface area contributed by atoms with Gasteiger partial charge in [-0.15, -0.1) is 0 Å². The molecule has 0 aromatic heterocycles. The molecule has 0 radical (unpaired) electrons. The van der Waals surface area contributed by atoms with E-state index in [0.29, 0.717) is 18.7 Å². The molecular formula is C20H24N2O3S. The number of rotatable bonds is 4. The van der Waals surface area contributed by atoms with Crippen molar-refractivity contribution < 1.29 is 13.2 Å². The van der Waals surface area contributed by atoms with Crippen molar-refractivity contribution in [3.8, 4) is 0 Å². The molecule has 0 unspecified atom stereocenters. The first kappa shape index (κ1) is 18.6. The van der Waals surface area contributed by atoms with E-state index in [9.17, 15) is 13.2 Å². The van der Waals surface area contributed by atoms with Crippen LogP contribution in [0.2, 0.25) is 0 Å². The lowest BCUT2D eigenvalue weighted by molar-refractivity contribution is 0.102. The summed E-state index contributed by atoms with van der Waals surface area (Å²) in [4.78, 5) is 12.7. The highest BCUT2D eigenvalue weighted by atomic mass is 32.2. The molecule has 0 saturated carbocycles. The number of piperidine rings is 1. The molecule has 1 fully saturated rings. The Bertz CT molecular complexity index is 879. The van der Waals surface area contributed by atoms with E-state index < -0.39 is 10.0 Å². The molecule has 1 aliphatic heterocycles. The fourth-order valence-electron chi connectivity index (χ4n) is 3.28. The Morgan fingerprint density at radius 1 is 0.923 bits per heavy atom. The van der Waals surface area contributed by atoms with E-state index in [4.69, 9.17) is 0 Å². The zero-order valence-electron chi connectivity index (χ0n) is 15.2. The van der Waals surface area contributed by atoms with Gasteiger partial charge in [-0.3, -0.25) is 4.79 Å². The molecule has 0 atom stereocenters. The number of carbonyl (C=O) groups excluding carboxylic acids is 1. The van der Waals surface area contributed by atoms with Gasteiger partial charge in [-0.1, -0.05) is 12.5 Å². The fraction of sp³-hybridized carbons (Fsp3) is 0.350. The smallest absolute Gasteiger partial charge is 0.255 e. The van der Waals surface area contributed by atoms with E-state index in [1.165, 1.54) is 16.4 Å². The highest BCUT2D eigenvalue weighted by Crippen LogP contribution is 2.21. The largest absolute Gasteiger partial charge is 0.322 e. The molecule has 0 spiro atoms. The Balaban J connectivity index is 1.75.